The van der Waals surface area contributed by atoms with E-state index < -0.39 is 11.8 Å². The first-order chi connectivity index (χ1) is 7.68. The van der Waals surface area contributed by atoms with Gasteiger partial charge < -0.3 is 10.5 Å². The fraction of sp³-hybridized carbons (Fsp3) is 0. The molecule has 0 spiro atoms. The van der Waals surface area contributed by atoms with Gasteiger partial charge in [0.25, 0.3) is 0 Å². The lowest BCUT2D eigenvalue weighted by Gasteiger charge is -2.03. The van der Waals surface area contributed by atoms with Gasteiger partial charge in [-0.15, -0.1) is 0 Å². The van der Waals surface area contributed by atoms with Crippen LogP contribution in [-0.4, -0.2) is 10.3 Å². The van der Waals surface area contributed by atoms with E-state index in [-0.39, 0.29) is 16.3 Å². The van der Waals surface area contributed by atoms with Crippen molar-refractivity contribution in [1.82, 2.24) is 4.37 Å². The summed E-state index contributed by atoms with van der Waals surface area (Å²) in [5, 5.41) is 0. The first kappa shape index (κ1) is 10.6. The molecule has 0 amide bonds. The first-order valence-corrected chi connectivity index (χ1v) is 5.12. The fourth-order valence-electron chi connectivity index (χ4n) is 1.08. The van der Waals surface area contributed by atoms with Crippen LogP contribution in [0.25, 0.3) is 0 Å². The molecular weight excluding hydrogens is 231 g/mol. The Bertz CT molecular complexity index is 527. The number of ether oxygens (including phenoxy) is 1. The molecule has 2 N–H and O–H groups in total. The second kappa shape index (κ2) is 4.28. The quantitative estimate of drug-likeness (QED) is 0.642. The SMILES string of the molecule is Nc1cnsc1C(=O)Oc1ccccc1F. The van der Waals surface area contributed by atoms with Crippen molar-refractivity contribution in [2.45, 2.75) is 0 Å². The molecule has 0 aliphatic rings. The normalized spacial score (nSPS) is 10.1. The summed E-state index contributed by atoms with van der Waals surface area (Å²) in [6.07, 6.45) is 1.35. The Morgan fingerprint density at radius 3 is 2.81 bits per heavy atom. The van der Waals surface area contributed by atoms with Gasteiger partial charge in [0.2, 0.25) is 0 Å². The molecule has 1 heterocycles. The number of benzene rings is 1. The van der Waals surface area contributed by atoms with Crippen molar-refractivity contribution < 1.29 is 13.9 Å². The third-order valence-corrected chi connectivity index (χ3v) is 2.62. The molecular formula is C10H7FN2O2S. The minimum atomic E-state index is -0.704. The number of carbonyl (C=O) groups excluding carboxylic acids is 1. The number of anilines is 1. The van der Waals surface area contributed by atoms with Crippen LogP contribution in [-0.2, 0) is 0 Å². The topological polar surface area (TPSA) is 65.2 Å². The summed E-state index contributed by atoms with van der Waals surface area (Å²) >= 11 is 0.911. The molecule has 2 rings (SSSR count). The van der Waals surface area contributed by atoms with Gasteiger partial charge in [0.1, 0.15) is 0 Å². The largest absolute Gasteiger partial charge is 0.419 e. The number of nitrogens with two attached hydrogens (primary N) is 1. The zero-order valence-corrected chi connectivity index (χ0v) is 8.83. The standard InChI is InChI=1S/C10H7FN2O2S/c11-6-3-1-2-4-8(6)15-10(14)9-7(12)5-13-16-9/h1-5H,12H2. The van der Waals surface area contributed by atoms with Gasteiger partial charge in [-0.25, -0.2) is 9.18 Å². The number of para-hydroxylation sites is 1. The molecule has 0 fully saturated rings. The third-order valence-electron chi connectivity index (χ3n) is 1.82. The van der Waals surface area contributed by atoms with E-state index in [0.29, 0.717) is 0 Å². The van der Waals surface area contributed by atoms with Crippen LogP contribution in [0.3, 0.4) is 0 Å². The molecule has 1 aromatic carbocycles. The van der Waals surface area contributed by atoms with Gasteiger partial charge in [-0.05, 0) is 23.7 Å². The zero-order valence-electron chi connectivity index (χ0n) is 8.01. The van der Waals surface area contributed by atoms with Gasteiger partial charge in [-0.2, -0.15) is 4.37 Å². The van der Waals surface area contributed by atoms with Gasteiger partial charge in [-0.3, -0.25) is 0 Å². The van der Waals surface area contributed by atoms with Crippen LogP contribution in [0.5, 0.6) is 5.75 Å². The summed E-state index contributed by atoms with van der Waals surface area (Å²) < 4.78 is 21.7. The summed E-state index contributed by atoms with van der Waals surface area (Å²) in [6, 6.07) is 5.65. The molecule has 0 saturated carbocycles. The van der Waals surface area contributed by atoms with Gasteiger partial charge in [0, 0.05) is 0 Å². The van der Waals surface area contributed by atoms with E-state index in [1.807, 2.05) is 0 Å². The number of hydrogen-bond acceptors (Lipinski definition) is 5. The van der Waals surface area contributed by atoms with E-state index in [2.05, 4.69) is 4.37 Å². The molecule has 2 aromatic rings. The van der Waals surface area contributed by atoms with Crippen LogP contribution in [0, 0.1) is 5.82 Å². The molecule has 0 aliphatic heterocycles. The predicted molar refractivity (Wildman–Crippen MR) is 57.9 cm³/mol. The monoisotopic (exact) mass is 238 g/mol. The summed E-state index contributed by atoms with van der Waals surface area (Å²) in [5.74, 6) is -1.43. The molecule has 1 aromatic heterocycles. The molecule has 0 aliphatic carbocycles. The van der Waals surface area contributed by atoms with Crippen molar-refractivity contribution in [1.29, 1.82) is 0 Å². The lowest BCUT2D eigenvalue weighted by Crippen LogP contribution is -2.09. The number of carbonyl (C=O) groups is 1. The molecule has 4 nitrogen and oxygen atoms in total. The lowest BCUT2D eigenvalue weighted by atomic mass is 10.3. The van der Waals surface area contributed by atoms with Crippen molar-refractivity contribution in [3.05, 3.63) is 41.2 Å². The van der Waals surface area contributed by atoms with Crippen LogP contribution < -0.4 is 10.5 Å². The third kappa shape index (κ3) is 2.01. The molecule has 82 valence electrons. The van der Waals surface area contributed by atoms with Crippen molar-refractivity contribution in [3.63, 3.8) is 0 Å². The number of esters is 1. The second-order valence-electron chi connectivity index (χ2n) is 2.93. The van der Waals surface area contributed by atoms with Gasteiger partial charge in [0.05, 0.1) is 11.9 Å². The van der Waals surface area contributed by atoms with E-state index in [9.17, 15) is 9.18 Å². The average molecular weight is 238 g/mol. The number of aromatic nitrogens is 1. The van der Waals surface area contributed by atoms with Gasteiger partial charge in [0.15, 0.2) is 16.4 Å². The number of rotatable bonds is 2. The van der Waals surface area contributed by atoms with E-state index in [4.69, 9.17) is 10.5 Å². The van der Waals surface area contributed by atoms with Gasteiger partial charge >= 0.3 is 5.97 Å². The van der Waals surface area contributed by atoms with E-state index >= 15 is 0 Å². The maximum absolute atomic E-state index is 13.2. The highest BCUT2D eigenvalue weighted by Gasteiger charge is 2.16. The molecule has 0 atom stereocenters. The van der Waals surface area contributed by atoms with Crippen LogP contribution in [0.1, 0.15) is 9.67 Å². The molecule has 0 saturated heterocycles. The molecule has 6 heteroatoms. The minimum Gasteiger partial charge on any atom is -0.419 e. The maximum Gasteiger partial charge on any atom is 0.357 e. The summed E-state index contributed by atoms with van der Waals surface area (Å²) in [5.41, 5.74) is 5.71. The Hall–Kier alpha value is -1.95. The first-order valence-electron chi connectivity index (χ1n) is 4.35. The van der Waals surface area contributed by atoms with Crippen molar-refractivity contribution in [2.24, 2.45) is 0 Å². The van der Waals surface area contributed by atoms with Crippen LogP contribution >= 0.6 is 11.5 Å². The summed E-state index contributed by atoms with van der Waals surface area (Å²) in [7, 11) is 0. The number of nitrogen functional groups attached to an aromatic ring is 1. The van der Waals surface area contributed by atoms with Crippen molar-refractivity contribution in [3.8, 4) is 5.75 Å². The number of halogens is 1. The Labute approximate surface area is 94.6 Å². The Morgan fingerprint density at radius 2 is 2.19 bits per heavy atom. The molecule has 0 bridgehead atoms. The second-order valence-corrected chi connectivity index (χ2v) is 3.73. The van der Waals surface area contributed by atoms with Gasteiger partial charge in [-0.1, -0.05) is 12.1 Å². The predicted octanol–water partition coefficient (Wildman–Crippen LogP) is 2.08. The highest BCUT2D eigenvalue weighted by molar-refractivity contribution is 7.08. The molecule has 0 unspecified atom stereocenters. The van der Waals surface area contributed by atoms with E-state index in [0.717, 1.165) is 11.5 Å². The van der Waals surface area contributed by atoms with E-state index in [1.54, 1.807) is 6.07 Å². The Kier molecular flexibility index (Phi) is 2.82. The Balaban J connectivity index is 2.21. The van der Waals surface area contributed by atoms with Crippen LogP contribution in [0.4, 0.5) is 10.1 Å². The van der Waals surface area contributed by atoms with E-state index in [1.165, 1.54) is 24.4 Å². The fourth-order valence-corrected chi connectivity index (χ4v) is 1.62. The smallest absolute Gasteiger partial charge is 0.357 e. The lowest BCUT2D eigenvalue weighted by molar-refractivity contribution is 0.0734. The Morgan fingerprint density at radius 1 is 1.44 bits per heavy atom. The number of hydrogen-bond donors (Lipinski definition) is 1. The van der Waals surface area contributed by atoms with Crippen LogP contribution in [0.2, 0.25) is 0 Å². The van der Waals surface area contributed by atoms with Crippen molar-refractivity contribution >= 4 is 23.2 Å². The molecule has 16 heavy (non-hydrogen) atoms. The van der Waals surface area contributed by atoms with Crippen molar-refractivity contribution in [2.75, 3.05) is 5.73 Å². The molecule has 0 radical (unpaired) electrons. The maximum atomic E-state index is 13.2. The summed E-state index contributed by atoms with van der Waals surface area (Å²) in [6.45, 7) is 0. The number of nitrogens with zero attached hydrogens (tertiary/aromatic N) is 1. The zero-order chi connectivity index (χ0) is 11.5. The summed E-state index contributed by atoms with van der Waals surface area (Å²) in [4.78, 5) is 11.7. The minimum absolute atomic E-state index is 0.125. The van der Waals surface area contributed by atoms with Crippen LogP contribution in [0.15, 0.2) is 30.5 Å². The highest BCUT2D eigenvalue weighted by Crippen LogP contribution is 2.21. The highest BCUT2D eigenvalue weighted by atomic mass is 32.1. The average Bonchev–Trinajstić information content (AvgIpc) is 2.68.